The van der Waals surface area contributed by atoms with Crippen LogP contribution in [0, 0.1) is 0 Å². The number of hydrogen-bond acceptors (Lipinski definition) is 2. The number of anilines is 1. The first-order chi connectivity index (χ1) is 6.38. The minimum atomic E-state index is -2.85. The van der Waals surface area contributed by atoms with Gasteiger partial charge in [0.1, 0.15) is 5.75 Å². The van der Waals surface area contributed by atoms with Crippen LogP contribution in [0.4, 0.5) is 14.5 Å². The van der Waals surface area contributed by atoms with Crippen molar-refractivity contribution in [2.75, 3.05) is 12.3 Å². The lowest BCUT2D eigenvalue weighted by Gasteiger charge is -2.13. The molecular weight excluding hydrogens is 256 g/mol. The maximum absolute atomic E-state index is 12.5. The van der Waals surface area contributed by atoms with Gasteiger partial charge < -0.3 is 10.5 Å². The molecule has 0 saturated carbocycles. The lowest BCUT2D eigenvalue weighted by atomic mass is 10.3. The van der Waals surface area contributed by atoms with Crippen molar-refractivity contribution >= 4 is 21.6 Å². The first-order valence-corrected chi connectivity index (χ1v) is 4.73. The van der Waals surface area contributed by atoms with Crippen molar-refractivity contribution in [3.8, 4) is 5.75 Å². The Labute approximate surface area is 89.2 Å². The van der Waals surface area contributed by atoms with Crippen molar-refractivity contribution in [1.82, 2.24) is 0 Å². The number of nitrogen functional groups attached to an aromatic ring is 1. The van der Waals surface area contributed by atoms with Crippen molar-refractivity contribution in [1.29, 1.82) is 0 Å². The highest BCUT2D eigenvalue weighted by Gasteiger charge is 2.22. The van der Waals surface area contributed by atoms with Gasteiger partial charge >= 0.3 is 0 Å². The number of nitrogens with two attached hydrogens (primary N) is 1. The Morgan fingerprint density at radius 2 is 2.14 bits per heavy atom. The Balaban J connectivity index is 2.72. The molecule has 0 saturated heterocycles. The second-order valence-corrected chi connectivity index (χ2v) is 3.96. The molecule has 0 amide bonds. The van der Waals surface area contributed by atoms with E-state index < -0.39 is 12.5 Å². The highest BCUT2D eigenvalue weighted by atomic mass is 79.9. The SMILES string of the molecule is CC(F)(F)COc1cc(Br)ccc1N. The standard InChI is InChI=1S/C9H10BrF2NO/c1-9(11,12)5-14-8-4-6(10)2-3-7(8)13/h2-4H,5,13H2,1H3. The Morgan fingerprint density at radius 3 is 2.71 bits per heavy atom. The van der Waals surface area contributed by atoms with Crippen LogP contribution < -0.4 is 10.5 Å². The summed E-state index contributed by atoms with van der Waals surface area (Å²) < 4.78 is 30.5. The predicted molar refractivity (Wildman–Crippen MR) is 54.7 cm³/mol. The fourth-order valence-corrected chi connectivity index (χ4v) is 1.18. The van der Waals surface area contributed by atoms with Crippen molar-refractivity contribution in [2.45, 2.75) is 12.8 Å². The van der Waals surface area contributed by atoms with Crippen LogP contribution in [0.15, 0.2) is 22.7 Å². The highest BCUT2D eigenvalue weighted by Crippen LogP contribution is 2.27. The van der Waals surface area contributed by atoms with Gasteiger partial charge in [-0.1, -0.05) is 15.9 Å². The van der Waals surface area contributed by atoms with Crippen molar-refractivity contribution in [2.24, 2.45) is 0 Å². The van der Waals surface area contributed by atoms with E-state index in [1.165, 1.54) is 0 Å². The predicted octanol–water partition coefficient (Wildman–Crippen LogP) is 3.07. The average Bonchev–Trinajstić information content (AvgIpc) is 2.05. The molecule has 0 bridgehead atoms. The zero-order chi connectivity index (χ0) is 10.8. The molecule has 0 radical (unpaired) electrons. The fourth-order valence-electron chi connectivity index (χ4n) is 0.838. The van der Waals surface area contributed by atoms with Crippen molar-refractivity contribution < 1.29 is 13.5 Å². The third-order valence-electron chi connectivity index (χ3n) is 1.46. The summed E-state index contributed by atoms with van der Waals surface area (Å²) in [5.74, 6) is -2.59. The minimum absolute atomic E-state index is 0.265. The molecule has 2 nitrogen and oxygen atoms in total. The zero-order valence-electron chi connectivity index (χ0n) is 7.56. The van der Waals surface area contributed by atoms with E-state index in [1.54, 1.807) is 18.2 Å². The summed E-state index contributed by atoms with van der Waals surface area (Å²) in [6.07, 6.45) is 0. The van der Waals surface area contributed by atoms with Crippen LogP contribution in [0.5, 0.6) is 5.75 Å². The lowest BCUT2D eigenvalue weighted by molar-refractivity contribution is -0.0227. The van der Waals surface area contributed by atoms with Gasteiger partial charge in [0, 0.05) is 11.4 Å². The van der Waals surface area contributed by atoms with Crippen LogP contribution in [0.3, 0.4) is 0 Å². The van der Waals surface area contributed by atoms with Gasteiger partial charge in [0.25, 0.3) is 5.92 Å². The van der Waals surface area contributed by atoms with Gasteiger partial charge in [-0.15, -0.1) is 0 Å². The molecule has 1 rings (SSSR count). The minimum Gasteiger partial charge on any atom is -0.485 e. The first kappa shape index (κ1) is 11.2. The van der Waals surface area contributed by atoms with Crippen LogP contribution in [0.2, 0.25) is 0 Å². The van der Waals surface area contributed by atoms with E-state index in [9.17, 15) is 8.78 Å². The molecule has 0 fully saturated rings. The molecule has 1 aromatic carbocycles. The third kappa shape index (κ3) is 3.49. The van der Waals surface area contributed by atoms with Crippen LogP contribution in [-0.2, 0) is 0 Å². The summed E-state index contributed by atoms with van der Waals surface area (Å²) in [7, 11) is 0. The van der Waals surface area contributed by atoms with Crippen LogP contribution in [0.1, 0.15) is 6.92 Å². The van der Waals surface area contributed by atoms with E-state index in [1.807, 2.05) is 0 Å². The molecule has 78 valence electrons. The molecule has 2 N–H and O–H groups in total. The van der Waals surface area contributed by atoms with E-state index in [-0.39, 0.29) is 5.75 Å². The number of alkyl halides is 2. The van der Waals surface area contributed by atoms with E-state index in [0.29, 0.717) is 5.69 Å². The fraction of sp³-hybridized carbons (Fsp3) is 0.333. The summed E-state index contributed by atoms with van der Waals surface area (Å²) in [5.41, 5.74) is 5.87. The number of ether oxygens (including phenoxy) is 1. The van der Waals surface area contributed by atoms with E-state index in [2.05, 4.69) is 15.9 Å². The Morgan fingerprint density at radius 1 is 1.50 bits per heavy atom. The van der Waals surface area contributed by atoms with E-state index in [4.69, 9.17) is 10.5 Å². The van der Waals surface area contributed by atoms with Gasteiger partial charge in [-0.2, -0.15) is 0 Å². The molecule has 5 heteroatoms. The normalized spacial score (nSPS) is 11.4. The molecule has 0 atom stereocenters. The van der Waals surface area contributed by atoms with Crippen molar-refractivity contribution in [3.05, 3.63) is 22.7 Å². The maximum Gasteiger partial charge on any atom is 0.278 e. The highest BCUT2D eigenvalue weighted by molar-refractivity contribution is 9.10. The molecule has 0 unspecified atom stereocenters. The smallest absolute Gasteiger partial charge is 0.278 e. The van der Waals surface area contributed by atoms with Crippen LogP contribution in [0.25, 0.3) is 0 Å². The third-order valence-corrected chi connectivity index (χ3v) is 1.95. The molecule has 0 aromatic heterocycles. The Kier molecular flexibility index (Phi) is 3.31. The number of rotatable bonds is 3. The molecule has 0 heterocycles. The molecular formula is C9H10BrF2NO. The molecule has 14 heavy (non-hydrogen) atoms. The van der Waals surface area contributed by atoms with Gasteiger partial charge in [0.05, 0.1) is 5.69 Å². The summed E-state index contributed by atoms with van der Waals surface area (Å²) >= 11 is 3.19. The second kappa shape index (κ2) is 4.13. The van der Waals surface area contributed by atoms with Crippen LogP contribution in [-0.4, -0.2) is 12.5 Å². The Hall–Kier alpha value is -0.840. The van der Waals surface area contributed by atoms with Crippen molar-refractivity contribution in [3.63, 3.8) is 0 Å². The molecule has 1 aromatic rings. The second-order valence-electron chi connectivity index (χ2n) is 3.04. The quantitative estimate of drug-likeness (QED) is 0.853. The first-order valence-electron chi connectivity index (χ1n) is 3.94. The zero-order valence-corrected chi connectivity index (χ0v) is 9.14. The van der Waals surface area contributed by atoms with Gasteiger partial charge in [-0.3, -0.25) is 0 Å². The maximum atomic E-state index is 12.5. The summed E-state index contributed by atoms with van der Waals surface area (Å²) in [6.45, 7) is 0.120. The average molecular weight is 266 g/mol. The number of halogens is 3. The molecule has 0 aliphatic carbocycles. The van der Waals surface area contributed by atoms with E-state index in [0.717, 1.165) is 11.4 Å². The summed E-state index contributed by atoms with van der Waals surface area (Å²) in [5, 5.41) is 0. The monoisotopic (exact) mass is 265 g/mol. The topological polar surface area (TPSA) is 35.2 Å². The van der Waals surface area contributed by atoms with Gasteiger partial charge in [0.2, 0.25) is 0 Å². The Bertz CT molecular complexity index is 325. The van der Waals surface area contributed by atoms with Gasteiger partial charge in [-0.25, -0.2) is 8.78 Å². The molecule has 0 spiro atoms. The summed E-state index contributed by atoms with van der Waals surface area (Å²) in [6, 6.07) is 4.86. The summed E-state index contributed by atoms with van der Waals surface area (Å²) in [4.78, 5) is 0. The number of benzene rings is 1. The van der Waals surface area contributed by atoms with Crippen LogP contribution >= 0.6 is 15.9 Å². The van der Waals surface area contributed by atoms with Gasteiger partial charge in [0.15, 0.2) is 6.61 Å². The lowest BCUT2D eigenvalue weighted by Crippen LogP contribution is -2.21. The molecule has 0 aliphatic heterocycles. The number of hydrogen-bond donors (Lipinski definition) is 1. The largest absolute Gasteiger partial charge is 0.485 e. The van der Waals surface area contributed by atoms with Gasteiger partial charge in [-0.05, 0) is 18.2 Å². The molecule has 0 aliphatic rings. The van der Waals surface area contributed by atoms with E-state index >= 15 is 0 Å².